The molecule has 0 fully saturated rings. The van der Waals surface area contributed by atoms with Crippen LogP contribution in [0.25, 0.3) is 10.9 Å². The zero-order valence-corrected chi connectivity index (χ0v) is 15.6. The number of benzene rings is 2. The van der Waals surface area contributed by atoms with Crippen molar-refractivity contribution < 1.29 is 18.4 Å². The Kier molecular flexibility index (Phi) is 4.53. The van der Waals surface area contributed by atoms with Gasteiger partial charge in [-0.3, -0.25) is 4.79 Å². The van der Waals surface area contributed by atoms with Gasteiger partial charge in [0.05, 0.1) is 33.4 Å². The number of pyridine rings is 1. The molecule has 1 unspecified atom stereocenters. The second-order valence-corrected chi connectivity index (χ2v) is 7.36. The highest BCUT2D eigenvalue weighted by Crippen LogP contribution is 2.35. The van der Waals surface area contributed by atoms with Crippen molar-refractivity contribution in [1.29, 1.82) is 0 Å². The Balaban J connectivity index is 1.84. The smallest absolute Gasteiger partial charge is 0.416 e. The first-order valence-electron chi connectivity index (χ1n) is 8.71. The van der Waals surface area contributed by atoms with Crippen molar-refractivity contribution in [3.8, 4) is 0 Å². The van der Waals surface area contributed by atoms with E-state index in [2.05, 4.69) is 5.10 Å². The van der Waals surface area contributed by atoms with Gasteiger partial charge in [0.25, 0.3) is 0 Å². The first-order chi connectivity index (χ1) is 13.7. The Hall–Kier alpha value is -3.00. The molecule has 0 saturated carbocycles. The van der Waals surface area contributed by atoms with Crippen LogP contribution < -0.4 is 11.3 Å². The van der Waals surface area contributed by atoms with Gasteiger partial charge in [-0.25, -0.2) is 0 Å². The summed E-state index contributed by atoms with van der Waals surface area (Å²) < 4.78 is 39.4. The number of hydrogen-bond donors (Lipinski definition) is 2. The van der Waals surface area contributed by atoms with E-state index in [0.29, 0.717) is 16.3 Å². The molecule has 1 aliphatic carbocycles. The van der Waals surface area contributed by atoms with Crippen LogP contribution >= 0.6 is 11.6 Å². The average molecular weight is 422 g/mol. The molecule has 9 heteroatoms. The summed E-state index contributed by atoms with van der Waals surface area (Å²) in [6, 6.07) is 9.36. The standard InChI is InChI=1S/C20H15ClF3N3O2/c21-13-5-6-16-14(9-13)19(28)18-15(26-25)7-11(8-17(18)27(16)29)10-1-3-12(4-2-10)20(22,23)24/h1-6,9,11,29H,7-8,25H2/b26-15+. The molecule has 0 saturated heterocycles. The van der Waals surface area contributed by atoms with Crippen molar-refractivity contribution in [3.05, 3.63) is 80.1 Å². The Morgan fingerprint density at radius 1 is 1.14 bits per heavy atom. The van der Waals surface area contributed by atoms with Crippen molar-refractivity contribution in [3.63, 3.8) is 0 Å². The summed E-state index contributed by atoms with van der Waals surface area (Å²) in [5, 5.41) is 15.0. The summed E-state index contributed by atoms with van der Waals surface area (Å²) in [7, 11) is 0. The summed E-state index contributed by atoms with van der Waals surface area (Å²) in [5.74, 6) is 5.22. The topological polar surface area (TPSA) is 80.6 Å². The molecule has 0 aliphatic heterocycles. The van der Waals surface area contributed by atoms with Gasteiger partial charge in [0.15, 0.2) is 5.43 Å². The fourth-order valence-electron chi connectivity index (χ4n) is 3.82. The van der Waals surface area contributed by atoms with E-state index < -0.39 is 11.7 Å². The van der Waals surface area contributed by atoms with Crippen LogP contribution in [0, 0.1) is 0 Å². The van der Waals surface area contributed by atoms with Gasteiger partial charge in [-0.1, -0.05) is 23.7 Å². The highest BCUT2D eigenvalue weighted by molar-refractivity contribution is 6.31. The zero-order valence-electron chi connectivity index (χ0n) is 14.9. The summed E-state index contributed by atoms with van der Waals surface area (Å²) in [6.45, 7) is 0. The van der Waals surface area contributed by atoms with E-state index in [1.165, 1.54) is 24.3 Å². The van der Waals surface area contributed by atoms with Crippen molar-refractivity contribution in [2.45, 2.75) is 24.9 Å². The van der Waals surface area contributed by atoms with Gasteiger partial charge in [-0.2, -0.15) is 23.0 Å². The molecule has 1 aliphatic rings. The van der Waals surface area contributed by atoms with E-state index in [0.717, 1.165) is 16.9 Å². The van der Waals surface area contributed by atoms with E-state index in [1.54, 1.807) is 6.07 Å². The van der Waals surface area contributed by atoms with Crippen molar-refractivity contribution >= 4 is 28.2 Å². The van der Waals surface area contributed by atoms with Crippen molar-refractivity contribution in [2.75, 3.05) is 0 Å². The molecule has 1 aromatic heterocycles. The fraction of sp³-hybridized carbons (Fsp3) is 0.200. The minimum absolute atomic E-state index is 0.202. The lowest BCUT2D eigenvalue weighted by atomic mass is 9.80. The number of fused-ring (bicyclic) bond motifs is 2. The Morgan fingerprint density at radius 2 is 1.83 bits per heavy atom. The maximum atomic E-state index is 13.0. The van der Waals surface area contributed by atoms with Gasteiger partial charge in [0.2, 0.25) is 0 Å². The SMILES string of the molecule is N/N=C1\CC(c2ccc(C(F)(F)F)cc2)Cc2c1c(=O)c1cc(Cl)ccc1n2O. The number of hydrazone groups is 1. The van der Waals surface area contributed by atoms with Crippen molar-refractivity contribution in [2.24, 2.45) is 10.9 Å². The van der Waals surface area contributed by atoms with Crippen LogP contribution in [0.1, 0.15) is 34.7 Å². The largest absolute Gasteiger partial charge is 0.428 e. The molecule has 0 amide bonds. The van der Waals surface area contributed by atoms with Crippen molar-refractivity contribution in [1.82, 2.24) is 4.73 Å². The third-order valence-corrected chi connectivity index (χ3v) is 5.47. The lowest BCUT2D eigenvalue weighted by Gasteiger charge is -2.27. The molecule has 0 radical (unpaired) electrons. The zero-order chi connectivity index (χ0) is 20.9. The summed E-state index contributed by atoms with van der Waals surface area (Å²) >= 11 is 5.98. The van der Waals surface area contributed by atoms with Crippen LogP contribution in [0.15, 0.2) is 52.4 Å². The molecular weight excluding hydrogens is 407 g/mol. The normalized spacial score (nSPS) is 18.2. The molecule has 2 aromatic carbocycles. The Labute approximate surface area is 167 Å². The van der Waals surface area contributed by atoms with Gasteiger partial charge in [0, 0.05) is 5.02 Å². The number of nitrogens with two attached hydrogens (primary N) is 1. The third-order valence-electron chi connectivity index (χ3n) is 5.24. The summed E-state index contributed by atoms with van der Waals surface area (Å²) in [6.07, 6.45) is -3.92. The van der Waals surface area contributed by atoms with Crippen LogP contribution in [-0.4, -0.2) is 15.6 Å². The van der Waals surface area contributed by atoms with E-state index in [1.807, 2.05) is 0 Å². The lowest BCUT2D eigenvalue weighted by molar-refractivity contribution is -0.137. The number of hydrogen-bond acceptors (Lipinski definition) is 4. The second-order valence-electron chi connectivity index (χ2n) is 6.92. The predicted molar refractivity (Wildman–Crippen MR) is 104 cm³/mol. The van der Waals surface area contributed by atoms with Crippen LogP contribution in [0.2, 0.25) is 5.02 Å². The van der Waals surface area contributed by atoms with Gasteiger partial charge in [-0.15, -0.1) is 0 Å². The molecule has 1 heterocycles. The summed E-state index contributed by atoms with van der Waals surface area (Å²) in [4.78, 5) is 13.0. The van der Waals surface area contributed by atoms with E-state index in [9.17, 15) is 23.2 Å². The van der Waals surface area contributed by atoms with E-state index in [4.69, 9.17) is 17.4 Å². The van der Waals surface area contributed by atoms with E-state index in [-0.39, 0.29) is 46.4 Å². The predicted octanol–water partition coefficient (Wildman–Crippen LogP) is 4.30. The maximum Gasteiger partial charge on any atom is 0.416 e. The maximum absolute atomic E-state index is 13.0. The van der Waals surface area contributed by atoms with Crippen LogP contribution in [0.3, 0.4) is 0 Å². The average Bonchev–Trinajstić information content (AvgIpc) is 2.70. The van der Waals surface area contributed by atoms with Gasteiger partial charge < -0.3 is 11.0 Å². The second kappa shape index (κ2) is 6.81. The number of halogens is 4. The molecule has 29 heavy (non-hydrogen) atoms. The third kappa shape index (κ3) is 3.23. The monoisotopic (exact) mass is 421 g/mol. The molecule has 4 rings (SSSR count). The van der Waals surface area contributed by atoms with Gasteiger partial charge >= 0.3 is 6.18 Å². The first kappa shape index (κ1) is 19.3. The molecule has 0 spiro atoms. The van der Waals surface area contributed by atoms with Crippen LogP contribution in [0.4, 0.5) is 13.2 Å². The highest BCUT2D eigenvalue weighted by atomic mass is 35.5. The first-order valence-corrected chi connectivity index (χ1v) is 9.09. The number of nitrogens with zero attached hydrogens (tertiary/aromatic N) is 2. The highest BCUT2D eigenvalue weighted by Gasteiger charge is 2.33. The molecule has 150 valence electrons. The van der Waals surface area contributed by atoms with Gasteiger partial charge in [0.1, 0.15) is 0 Å². The van der Waals surface area contributed by atoms with E-state index >= 15 is 0 Å². The molecule has 1 atom stereocenters. The lowest BCUT2D eigenvalue weighted by Crippen LogP contribution is -2.31. The molecular formula is C20H15ClF3N3O2. The Morgan fingerprint density at radius 3 is 2.45 bits per heavy atom. The molecule has 0 bridgehead atoms. The fourth-order valence-corrected chi connectivity index (χ4v) is 3.99. The summed E-state index contributed by atoms with van der Waals surface area (Å²) in [5.41, 5.74) is 0.616. The molecule has 5 nitrogen and oxygen atoms in total. The number of alkyl halides is 3. The van der Waals surface area contributed by atoms with Crippen LogP contribution in [-0.2, 0) is 12.6 Å². The number of rotatable bonds is 1. The quantitative estimate of drug-likeness (QED) is 0.349. The minimum atomic E-state index is -4.42. The Bertz CT molecular complexity index is 1200. The molecule has 3 N–H and O–H groups in total. The minimum Gasteiger partial charge on any atom is -0.428 e. The number of aromatic nitrogens is 1. The van der Waals surface area contributed by atoms with Crippen LogP contribution in [0.5, 0.6) is 0 Å². The molecule has 3 aromatic rings. The van der Waals surface area contributed by atoms with Gasteiger partial charge in [-0.05, 0) is 54.7 Å².